The van der Waals surface area contributed by atoms with E-state index in [0.717, 1.165) is 26.2 Å². The van der Waals surface area contributed by atoms with Crippen LogP contribution >= 0.6 is 15.9 Å². The Labute approximate surface area is 112 Å². The molecule has 3 nitrogen and oxygen atoms in total. The van der Waals surface area contributed by atoms with E-state index in [0.29, 0.717) is 6.17 Å². The summed E-state index contributed by atoms with van der Waals surface area (Å²) in [6, 6.07) is 8.50. The lowest BCUT2D eigenvalue weighted by Crippen LogP contribution is -2.48. The number of halogens is 1. The first-order chi connectivity index (χ1) is 8.20. The van der Waals surface area contributed by atoms with E-state index in [1.165, 1.54) is 10.0 Å². The minimum Gasteiger partial charge on any atom is -0.314 e. The second-order valence-corrected chi connectivity index (χ2v) is 5.50. The maximum absolute atomic E-state index is 3.66. The smallest absolute Gasteiger partial charge is 0.0893 e. The average Bonchev–Trinajstić information content (AvgIpc) is 2.33. The molecule has 1 fully saturated rings. The predicted octanol–water partition coefficient (Wildman–Crippen LogP) is 1.91. The van der Waals surface area contributed by atoms with Crippen LogP contribution in [0.1, 0.15) is 11.7 Å². The molecule has 1 aromatic rings. The molecule has 0 radical (unpaired) electrons. The van der Waals surface area contributed by atoms with E-state index in [-0.39, 0.29) is 0 Å². The number of rotatable bonds is 3. The summed E-state index contributed by atoms with van der Waals surface area (Å²) in [7, 11) is 4.29. The standard InChI is InChI=1S/C13H20BrN3/c1-16(2)13(17-9-7-15-8-10-17)11-5-3-4-6-12(11)14/h3-6,13,15H,7-10H2,1-2H3. The van der Waals surface area contributed by atoms with E-state index in [2.05, 4.69) is 69.4 Å². The first-order valence-electron chi connectivity index (χ1n) is 6.06. The van der Waals surface area contributed by atoms with Gasteiger partial charge >= 0.3 is 0 Å². The summed E-state index contributed by atoms with van der Waals surface area (Å²) in [5.41, 5.74) is 1.35. The summed E-state index contributed by atoms with van der Waals surface area (Å²) >= 11 is 3.66. The van der Waals surface area contributed by atoms with E-state index in [1.807, 2.05) is 0 Å². The van der Waals surface area contributed by atoms with Gasteiger partial charge in [0.1, 0.15) is 0 Å². The summed E-state index contributed by atoms with van der Waals surface area (Å²) in [4.78, 5) is 4.81. The molecule has 17 heavy (non-hydrogen) atoms. The molecule has 1 aliphatic rings. The van der Waals surface area contributed by atoms with Crippen LogP contribution in [-0.2, 0) is 0 Å². The lowest BCUT2D eigenvalue weighted by atomic mass is 10.1. The molecule has 1 aliphatic heterocycles. The summed E-state index contributed by atoms with van der Waals surface area (Å²) in [6.45, 7) is 4.36. The molecule has 1 heterocycles. The Balaban J connectivity index is 2.25. The van der Waals surface area contributed by atoms with Gasteiger partial charge in [0.2, 0.25) is 0 Å². The summed E-state index contributed by atoms with van der Waals surface area (Å²) in [5, 5.41) is 3.40. The van der Waals surface area contributed by atoms with Crippen LogP contribution in [0.2, 0.25) is 0 Å². The molecule has 0 aliphatic carbocycles. The van der Waals surface area contributed by atoms with Crippen molar-refractivity contribution in [1.82, 2.24) is 15.1 Å². The third-order valence-corrected chi connectivity index (χ3v) is 3.89. The van der Waals surface area contributed by atoms with Crippen LogP contribution in [0.4, 0.5) is 0 Å². The number of hydrogen-bond donors (Lipinski definition) is 1. The Bertz CT molecular complexity index is 361. The lowest BCUT2D eigenvalue weighted by Gasteiger charge is -2.39. The maximum Gasteiger partial charge on any atom is 0.0893 e. The van der Waals surface area contributed by atoms with Crippen LogP contribution in [0, 0.1) is 0 Å². The third-order valence-electron chi connectivity index (χ3n) is 3.17. The van der Waals surface area contributed by atoms with E-state index >= 15 is 0 Å². The van der Waals surface area contributed by atoms with Crippen molar-refractivity contribution in [2.45, 2.75) is 6.17 Å². The average molecular weight is 298 g/mol. The van der Waals surface area contributed by atoms with E-state index < -0.39 is 0 Å². The van der Waals surface area contributed by atoms with Gasteiger partial charge in [-0.15, -0.1) is 0 Å². The Morgan fingerprint density at radius 2 is 1.88 bits per heavy atom. The second kappa shape index (κ2) is 5.96. The molecule has 0 spiro atoms. The van der Waals surface area contributed by atoms with Crippen LogP contribution in [0.3, 0.4) is 0 Å². The molecule has 1 N–H and O–H groups in total. The van der Waals surface area contributed by atoms with Gasteiger partial charge in [0, 0.05) is 30.7 Å². The van der Waals surface area contributed by atoms with Crippen molar-refractivity contribution in [2.75, 3.05) is 40.3 Å². The molecule has 1 saturated heterocycles. The minimum absolute atomic E-state index is 0.354. The van der Waals surface area contributed by atoms with E-state index in [4.69, 9.17) is 0 Å². The zero-order valence-electron chi connectivity index (χ0n) is 10.5. The van der Waals surface area contributed by atoms with Crippen molar-refractivity contribution >= 4 is 15.9 Å². The number of benzene rings is 1. The zero-order chi connectivity index (χ0) is 12.3. The molecule has 1 aromatic carbocycles. The van der Waals surface area contributed by atoms with Crippen LogP contribution in [0.25, 0.3) is 0 Å². The zero-order valence-corrected chi connectivity index (χ0v) is 12.1. The van der Waals surface area contributed by atoms with Crippen molar-refractivity contribution in [1.29, 1.82) is 0 Å². The SMILES string of the molecule is CN(C)C(c1ccccc1Br)N1CCNCC1. The molecule has 4 heteroatoms. The fourth-order valence-corrected chi connectivity index (χ4v) is 2.90. The van der Waals surface area contributed by atoms with Gasteiger partial charge in [-0.25, -0.2) is 0 Å². The number of piperazine rings is 1. The van der Waals surface area contributed by atoms with Gasteiger partial charge in [-0.1, -0.05) is 34.1 Å². The molecule has 1 atom stereocenters. The van der Waals surface area contributed by atoms with Crippen molar-refractivity contribution in [3.8, 4) is 0 Å². The molecule has 0 saturated carbocycles. The van der Waals surface area contributed by atoms with Crippen molar-refractivity contribution in [3.05, 3.63) is 34.3 Å². The summed E-state index contributed by atoms with van der Waals surface area (Å²) in [6.07, 6.45) is 0.354. The molecule has 0 aromatic heterocycles. The van der Waals surface area contributed by atoms with Crippen molar-refractivity contribution < 1.29 is 0 Å². The summed E-state index contributed by atoms with van der Waals surface area (Å²) < 4.78 is 1.19. The number of nitrogens with zero attached hydrogens (tertiary/aromatic N) is 2. The Morgan fingerprint density at radius 1 is 1.24 bits per heavy atom. The molecular weight excluding hydrogens is 278 g/mol. The van der Waals surface area contributed by atoms with Gasteiger partial charge in [0.15, 0.2) is 0 Å². The third kappa shape index (κ3) is 3.07. The fraction of sp³-hybridized carbons (Fsp3) is 0.538. The Kier molecular flexibility index (Phi) is 4.56. The van der Waals surface area contributed by atoms with Gasteiger partial charge in [0.05, 0.1) is 6.17 Å². The molecule has 94 valence electrons. The first-order valence-corrected chi connectivity index (χ1v) is 6.85. The van der Waals surface area contributed by atoms with E-state index in [1.54, 1.807) is 0 Å². The second-order valence-electron chi connectivity index (χ2n) is 4.64. The van der Waals surface area contributed by atoms with Crippen LogP contribution < -0.4 is 5.32 Å². The van der Waals surface area contributed by atoms with E-state index in [9.17, 15) is 0 Å². The van der Waals surface area contributed by atoms with Crippen molar-refractivity contribution in [2.24, 2.45) is 0 Å². The maximum atomic E-state index is 3.66. The normalized spacial score (nSPS) is 19.5. The van der Waals surface area contributed by atoms with Gasteiger partial charge in [-0.05, 0) is 25.7 Å². The minimum atomic E-state index is 0.354. The Hall–Kier alpha value is -0.420. The van der Waals surface area contributed by atoms with Gasteiger partial charge in [-0.2, -0.15) is 0 Å². The highest BCUT2D eigenvalue weighted by Gasteiger charge is 2.25. The lowest BCUT2D eigenvalue weighted by molar-refractivity contribution is 0.0668. The topological polar surface area (TPSA) is 18.5 Å². The molecular formula is C13H20BrN3. The van der Waals surface area contributed by atoms with Gasteiger partial charge in [0.25, 0.3) is 0 Å². The first kappa shape index (κ1) is 13.0. The fourth-order valence-electron chi connectivity index (χ4n) is 2.41. The Morgan fingerprint density at radius 3 is 2.47 bits per heavy atom. The highest BCUT2D eigenvalue weighted by Crippen LogP contribution is 2.29. The highest BCUT2D eigenvalue weighted by molar-refractivity contribution is 9.10. The number of nitrogens with one attached hydrogen (secondary N) is 1. The molecule has 0 bridgehead atoms. The molecule has 0 amide bonds. The largest absolute Gasteiger partial charge is 0.314 e. The van der Waals surface area contributed by atoms with Crippen LogP contribution in [0.15, 0.2) is 28.7 Å². The van der Waals surface area contributed by atoms with Gasteiger partial charge in [-0.3, -0.25) is 9.80 Å². The summed E-state index contributed by atoms with van der Waals surface area (Å²) in [5.74, 6) is 0. The quantitative estimate of drug-likeness (QED) is 0.920. The highest BCUT2D eigenvalue weighted by atomic mass is 79.9. The molecule has 2 rings (SSSR count). The molecule has 1 unspecified atom stereocenters. The number of hydrogen-bond acceptors (Lipinski definition) is 3. The monoisotopic (exact) mass is 297 g/mol. The van der Waals surface area contributed by atoms with Crippen LogP contribution in [0.5, 0.6) is 0 Å². The van der Waals surface area contributed by atoms with Crippen molar-refractivity contribution in [3.63, 3.8) is 0 Å². The predicted molar refractivity (Wildman–Crippen MR) is 75.0 cm³/mol. The van der Waals surface area contributed by atoms with Crippen LogP contribution in [-0.4, -0.2) is 50.1 Å². The van der Waals surface area contributed by atoms with Gasteiger partial charge < -0.3 is 5.32 Å².